The fourth-order valence-corrected chi connectivity index (χ4v) is 5.78. The van der Waals surface area contributed by atoms with Crippen molar-refractivity contribution < 1.29 is 0 Å². The van der Waals surface area contributed by atoms with E-state index >= 15 is 0 Å². The maximum atomic E-state index is 3.68. The molecule has 1 N–H and O–H groups in total. The van der Waals surface area contributed by atoms with Crippen molar-refractivity contribution in [2.24, 2.45) is 16.7 Å². The first-order valence-corrected chi connectivity index (χ1v) is 8.37. The third kappa shape index (κ3) is 1.98. The Hall–Kier alpha value is -0.0800. The second-order valence-electron chi connectivity index (χ2n) is 8.39. The summed E-state index contributed by atoms with van der Waals surface area (Å²) in [6.07, 6.45) is 5.69. The van der Waals surface area contributed by atoms with Crippen molar-refractivity contribution in [2.75, 3.05) is 13.1 Å². The van der Waals surface area contributed by atoms with Crippen LogP contribution in [0.5, 0.6) is 0 Å². The lowest BCUT2D eigenvalue weighted by molar-refractivity contribution is -0.0396. The topological polar surface area (TPSA) is 15.3 Å². The first-order chi connectivity index (χ1) is 8.88. The average molecular weight is 264 g/mol. The van der Waals surface area contributed by atoms with Crippen molar-refractivity contribution >= 4 is 0 Å². The molecule has 3 rings (SSSR count). The highest BCUT2D eigenvalue weighted by atomic mass is 15.3. The van der Waals surface area contributed by atoms with Gasteiger partial charge in [0.25, 0.3) is 0 Å². The van der Waals surface area contributed by atoms with Crippen LogP contribution in [-0.2, 0) is 0 Å². The summed E-state index contributed by atoms with van der Waals surface area (Å²) in [4.78, 5) is 2.90. The first kappa shape index (κ1) is 13.9. The van der Waals surface area contributed by atoms with Crippen LogP contribution in [0.4, 0.5) is 0 Å². The zero-order valence-corrected chi connectivity index (χ0v) is 13.5. The largest absolute Gasteiger partial charge is 0.311 e. The lowest BCUT2D eigenvalue weighted by Gasteiger charge is -2.54. The van der Waals surface area contributed by atoms with Crippen LogP contribution in [0.2, 0.25) is 0 Å². The van der Waals surface area contributed by atoms with Crippen LogP contribution < -0.4 is 5.32 Å². The number of hydrogen-bond acceptors (Lipinski definition) is 2. The van der Waals surface area contributed by atoms with Gasteiger partial charge in [0.15, 0.2) is 0 Å². The molecule has 2 aliphatic carbocycles. The van der Waals surface area contributed by atoms with E-state index in [2.05, 4.69) is 44.8 Å². The molecule has 3 aliphatic rings. The van der Waals surface area contributed by atoms with Gasteiger partial charge in [-0.25, -0.2) is 0 Å². The highest BCUT2D eigenvalue weighted by Crippen LogP contribution is 2.64. The lowest BCUT2D eigenvalue weighted by atomic mass is 9.67. The zero-order valence-electron chi connectivity index (χ0n) is 13.5. The first-order valence-electron chi connectivity index (χ1n) is 8.37. The van der Waals surface area contributed by atoms with Crippen LogP contribution in [0.15, 0.2) is 0 Å². The molecular formula is C17H32N2. The van der Waals surface area contributed by atoms with E-state index < -0.39 is 0 Å². The van der Waals surface area contributed by atoms with Gasteiger partial charge in [0.1, 0.15) is 0 Å². The molecule has 3 fully saturated rings. The number of piperazine rings is 1. The Balaban J connectivity index is 1.90. The van der Waals surface area contributed by atoms with Gasteiger partial charge in [-0.3, -0.25) is 4.90 Å². The predicted octanol–water partition coefficient (Wildman–Crippen LogP) is 3.27. The van der Waals surface area contributed by atoms with Crippen molar-refractivity contribution in [3.05, 3.63) is 0 Å². The number of hydrogen-bond donors (Lipinski definition) is 1. The molecule has 0 amide bonds. The normalized spacial score (nSPS) is 49.7. The van der Waals surface area contributed by atoms with Crippen molar-refractivity contribution in [1.82, 2.24) is 10.2 Å². The van der Waals surface area contributed by atoms with Crippen LogP contribution >= 0.6 is 0 Å². The summed E-state index contributed by atoms with van der Waals surface area (Å²) >= 11 is 0. The minimum atomic E-state index is 0.511. The molecule has 0 aromatic rings. The van der Waals surface area contributed by atoms with Gasteiger partial charge in [-0.05, 0) is 49.4 Å². The number of rotatable bonds is 2. The SMILES string of the molecule is CCC1CNC(C)CN1C1C2(C)CCC(C2)C1(C)C. The van der Waals surface area contributed by atoms with Crippen LogP contribution in [-0.4, -0.2) is 36.1 Å². The highest BCUT2D eigenvalue weighted by Gasteiger charge is 2.61. The summed E-state index contributed by atoms with van der Waals surface area (Å²) in [6, 6.07) is 2.20. The van der Waals surface area contributed by atoms with Gasteiger partial charge in [-0.1, -0.05) is 27.7 Å². The van der Waals surface area contributed by atoms with Gasteiger partial charge < -0.3 is 5.32 Å². The molecule has 110 valence electrons. The third-order valence-electron chi connectivity index (χ3n) is 6.65. The summed E-state index contributed by atoms with van der Waals surface area (Å²) in [6.45, 7) is 14.8. The Labute approximate surface area is 119 Å². The number of fused-ring (bicyclic) bond motifs is 2. The Kier molecular flexibility index (Phi) is 3.26. The minimum Gasteiger partial charge on any atom is -0.311 e. The molecule has 1 saturated heterocycles. The van der Waals surface area contributed by atoms with E-state index in [0.29, 0.717) is 16.9 Å². The van der Waals surface area contributed by atoms with E-state index in [1.54, 1.807) is 0 Å². The Morgan fingerprint density at radius 3 is 2.58 bits per heavy atom. The van der Waals surface area contributed by atoms with Crippen molar-refractivity contribution in [3.63, 3.8) is 0 Å². The fourth-order valence-electron chi connectivity index (χ4n) is 5.78. The van der Waals surface area contributed by atoms with Gasteiger partial charge in [0.2, 0.25) is 0 Å². The quantitative estimate of drug-likeness (QED) is 0.823. The van der Waals surface area contributed by atoms with E-state index in [1.165, 1.54) is 38.8 Å². The van der Waals surface area contributed by atoms with E-state index in [9.17, 15) is 0 Å². The van der Waals surface area contributed by atoms with Crippen LogP contribution in [0.1, 0.15) is 60.3 Å². The zero-order chi connectivity index (χ0) is 13.8. The molecule has 2 saturated carbocycles. The molecule has 2 nitrogen and oxygen atoms in total. The molecule has 5 unspecified atom stereocenters. The maximum Gasteiger partial charge on any atom is 0.0222 e. The minimum absolute atomic E-state index is 0.511. The smallest absolute Gasteiger partial charge is 0.0222 e. The lowest BCUT2D eigenvalue weighted by Crippen LogP contribution is -2.64. The highest BCUT2D eigenvalue weighted by molar-refractivity contribution is 5.14. The van der Waals surface area contributed by atoms with Gasteiger partial charge in [0.05, 0.1) is 0 Å². The summed E-state index contributed by atoms with van der Waals surface area (Å²) in [5, 5.41) is 3.68. The molecule has 0 aromatic heterocycles. The molecule has 2 bridgehead atoms. The summed E-state index contributed by atoms with van der Waals surface area (Å²) in [7, 11) is 0. The van der Waals surface area contributed by atoms with Crippen LogP contribution in [0.3, 0.4) is 0 Å². The monoisotopic (exact) mass is 264 g/mol. The van der Waals surface area contributed by atoms with Crippen molar-refractivity contribution in [1.29, 1.82) is 0 Å². The second-order valence-corrected chi connectivity index (χ2v) is 8.39. The molecule has 1 aliphatic heterocycles. The Morgan fingerprint density at radius 1 is 1.26 bits per heavy atom. The van der Waals surface area contributed by atoms with Gasteiger partial charge in [-0.15, -0.1) is 0 Å². The van der Waals surface area contributed by atoms with E-state index in [1.807, 2.05) is 0 Å². The standard InChI is InChI=1S/C17H32N2/c1-6-14-10-18-12(2)11-19(14)15-16(3,4)13-7-8-17(15,5)9-13/h12-15,18H,6-11H2,1-5H3. The number of nitrogens with zero attached hydrogens (tertiary/aromatic N) is 1. The van der Waals surface area contributed by atoms with Crippen LogP contribution in [0.25, 0.3) is 0 Å². The van der Waals surface area contributed by atoms with E-state index in [-0.39, 0.29) is 0 Å². The third-order valence-corrected chi connectivity index (χ3v) is 6.65. The molecule has 2 heteroatoms. The fraction of sp³-hybridized carbons (Fsp3) is 1.00. The van der Waals surface area contributed by atoms with Crippen LogP contribution in [0, 0.1) is 16.7 Å². The van der Waals surface area contributed by atoms with E-state index in [0.717, 1.165) is 18.0 Å². The maximum absolute atomic E-state index is 3.68. The molecule has 0 spiro atoms. The van der Waals surface area contributed by atoms with Crippen molar-refractivity contribution in [2.45, 2.75) is 78.4 Å². The molecule has 19 heavy (non-hydrogen) atoms. The molecule has 0 radical (unpaired) electrons. The predicted molar refractivity (Wildman–Crippen MR) is 81.3 cm³/mol. The number of nitrogens with one attached hydrogen (secondary N) is 1. The molecular weight excluding hydrogens is 232 g/mol. The average Bonchev–Trinajstić information content (AvgIpc) is 2.80. The van der Waals surface area contributed by atoms with Gasteiger partial charge in [0, 0.05) is 31.2 Å². The molecule has 1 heterocycles. The molecule has 5 atom stereocenters. The molecule has 0 aromatic carbocycles. The van der Waals surface area contributed by atoms with Crippen molar-refractivity contribution in [3.8, 4) is 0 Å². The van der Waals surface area contributed by atoms with Gasteiger partial charge in [-0.2, -0.15) is 0 Å². The summed E-state index contributed by atoms with van der Waals surface area (Å²) < 4.78 is 0. The van der Waals surface area contributed by atoms with Gasteiger partial charge >= 0.3 is 0 Å². The Bertz CT molecular complexity index is 346. The summed E-state index contributed by atoms with van der Waals surface area (Å²) in [5.74, 6) is 0.963. The second kappa shape index (κ2) is 4.46. The van der Waals surface area contributed by atoms with E-state index in [4.69, 9.17) is 0 Å². The summed E-state index contributed by atoms with van der Waals surface area (Å²) in [5.41, 5.74) is 1.09. The Morgan fingerprint density at radius 2 is 2.00 bits per heavy atom.